The van der Waals surface area contributed by atoms with E-state index in [9.17, 15) is 25.2 Å². The second kappa shape index (κ2) is 7.62. The minimum absolute atomic E-state index is 1.17. The summed E-state index contributed by atoms with van der Waals surface area (Å²) in [7, 11) is -10.7. The van der Waals surface area contributed by atoms with E-state index in [2.05, 4.69) is 42.9 Å². The van der Waals surface area contributed by atoms with Crippen molar-refractivity contribution in [2.45, 2.75) is 58.9 Å². The second-order valence-corrected chi connectivity index (χ2v) is 7.26. The fourth-order valence-corrected chi connectivity index (χ4v) is 1.87. The number of hydrogen-bond acceptors (Lipinski definition) is 0. The zero-order valence-corrected chi connectivity index (χ0v) is 13.8. The minimum atomic E-state index is -10.7. The Labute approximate surface area is 127 Å². The van der Waals surface area contributed by atoms with Gasteiger partial charge in [0.1, 0.15) is 6.54 Å². The molecule has 0 fully saturated rings. The van der Waals surface area contributed by atoms with Gasteiger partial charge in [0.25, 0.3) is 0 Å². The van der Waals surface area contributed by atoms with Gasteiger partial charge in [-0.05, 0) is 19.4 Å². The van der Waals surface area contributed by atoms with Crippen LogP contribution < -0.4 is 4.57 Å². The summed E-state index contributed by atoms with van der Waals surface area (Å²) in [6.07, 6.45) is 12.6. The topological polar surface area (TPSA) is 3.88 Å². The molecule has 0 saturated carbocycles. The molecule has 0 spiro atoms. The van der Waals surface area contributed by atoms with Crippen molar-refractivity contribution in [1.29, 1.82) is 0 Å². The molecule has 0 saturated heterocycles. The second-order valence-electron chi connectivity index (χ2n) is 5.35. The average molecular weight is 351 g/mol. The van der Waals surface area contributed by atoms with Crippen LogP contribution in [0, 0.1) is 6.92 Å². The maximum atomic E-state index is 9.87. The molecule has 0 radical (unpaired) electrons. The van der Waals surface area contributed by atoms with Crippen molar-refractivity contribution in [2.24, 2.45) is 0 Å². The Hall–Kier alpha value is -0.840. The molecule has 1 aromatic heterocycles. The third-order valence-corrected chi connectivity index (χ3v) is 2.78. The van der Waals surface area contributed by atoms with E-state index in [-0.39, 0.29) is 0 Å². The van der Waals surface area contributed by atoms with Crippen LogP contribution in [0.1, 0.15) is 51.0 Å². The molecule has 0 aliphatic carbocycles. The third-order valence-electron chi connectivity index (χ3n) is 2.78. The van der Waals surface area contributed by atoms with Gasteiger partial charge in [-0.3, -0.25) is 0 Å². The number of unbranched alkanes of at least 4 members (excludes halogenated alkanes) is 5. The van der Waals surface area contributed by atoms with Gasteiger partial charge < -0.3 is 0 Å². The molecule has 0 N–H and O–H groups in total. The molecule has 132 valence electrons. The van der Waals surface area contributed by atoms with E-state index in [4.69, 9.17) is 0 Å². The summed E-state index contributed by atoms with van der Waals surface area (Å²) in [4.78, 5) is 0. The summed E-state index contributed by atoms with van der Waals surface area (Å²) in [5.41, 5.74) is 1.35. The number of hydrogen-bond donors (Lipinski definition) is 0. The molecule has 0 bridgehead atoms. The number of halogens is 6. The summed E-state index contributed by atoms with van der Waals surface area (Å²) in [5, 5.41) is 0. The Balaban J connectivity index is 0.000000534. The number of rotatable bonds is 7. The van der Waals surface area contributed by atoms with Gasteiger partial charge in [0.05, 0.1) is 0 Å². The van der Waals surface area contributed by atoms with E-state index in [0.29, 0.717) is 0 Å². The molecule has 1 heterocycles. The third kappa shape index (κ3) is 21.5. The molecule has 0 aromatic carbocycles. The predicted molar refractivity (Wildman–Crippen MR) is 78.3 cm³/mol. The molecule has 8 heteroatoms. The van der Waals surface area contributed by atoms with Crippen molar-refractivity contribution < 1.29 is 29.7 Å². The normalized spacial score (nSPS) is 14.5. The van der Waals surface area contributed by atoms with E-state index < -0.39 is 7.81 Å². The first-order valence-electron chi connectivity index (χ1n) is 7.30. The van der Waals surface area contributed by atoms with E-state index in [1.165, 1.54) is 50.6 Å². The van der Waals surface area contributed by atoms with Crippen LogP contribution in [0.15, 0.2) is 24.5 Å². The van der Waals surface area contributed by atoms with Crippen LogP contribution in [0.4, 0.5) is 25.2 Å². The van der Waals surface area contributed by atoms with Gasteiger partial charge in [-0.1, -0.05) is 32.6 Å². The van der Waals surface area contributed by atoms with Crippen LogP contribution in [0.25, 0.3) is 0 Å². The van der Waals surface area contributed by atoms with Crippen molar-refractivity contribution in [3.05, 3.63) is 30.1 Å². The number of pyridine rings is 1. The van der Waals surface area contributed by atoms with Crippen LogP contribution in [-0.2, 0) is 6.54 Å². The van der Waals surface area contributed by atoms with Gasteiger partial charge in [-0.25, -0.2) is 4.57 Å². The first kappa shape index (κ1) is 21.2. The standard InChI is InChI=1S/C14H24N.F6P/c1-3-4-5-6-7-8-11-15-12-9-10-14(2)13-15;1-7(2,3,4,5)6/h9-10,12-13H,3-8,11H2,1-2H3;/q+1;-1. The van der Waals surface area contributed by atoms with Gasteiger partial charge in [-0.15, -0.1) is 0 Å². The van der Waals surface area contributed by atoms with Crippen molar-refractivity contribution >= 4 is 7.81 Å². The zero-order chi connectivity index (χ0) is 17.3. The van der Waals surface area contributed by atoms with Crippen LogP contribution in [0.5, 0.6) is 0 Å². The first-order valence-corrected chi connectivity index (χ1v) is 9.33. The van der Waals surface area contributed by atoms with Gasteiger partial charge >= 0.3 is 33.0 Å². The molecule has 0 amide bonds. The van der Waals surface area contributed by atoms with Crippen LogP contribution >= 0.6 is 7.81 Å². The molecule has 1 rings (SSSR count). The predicted octanol–water partition coefficient (Wildman–Crippen LogP) is 7.03. The van der Waals surface area contributed by atoms with Crippen molar-refractivity contribution in [3.8, 4) is 0 Å². The zero-order valence-electron chi connectivity index (χ0n) is 12.9. The molecule has 1 nitrogen and oxygen atoms in total. The Morgan fingerprint density at radius 1 is 0.909 bits per heavy atom. The van der Waals surface area contributed by atoms with Crippen molar-refractivity contribution in [1.82, 2.24) is 0 Å². The molecular weight excluding hydrogens is 327 g/mol. The van der Waals surface area contributed by atoms with E-state index >= 15 is 0 Å². The van der Waals surface area contributed by atoms with E-state index in [0.717, 1.165) is 0 Å². The molecular formula is C14H24F6NP. The summed E-state index contributed by atoms with van der Waals surface area (Å²) >= 11 is 0. The summed E-state index contributed by atoms with van der Waals surface area (Å²) < 4.78 is 61.5. The fourth-order valence-electron chi connectivity index (χ4n) is 1.87. The molecule has 0 unspecified atom stereocenters. The number of aryl methyl sites for hydroxylation is 2. The fraction of sp³-hybridized carbons (Fsp3) is 0.643. The van der Waals surface area contributed by atoms with Gasteiger partial charge in [0.2, 0.25) is 0 Å². The monoisotopic (exact) mass is 351 g/mol. The van der Waals surface area contributed by atoms with Gasteiger partial charge in [0.15, 0.2) is 12.4 Å². The van der Waals surface area contributed by atoms with E-state index in [1.54, 1.807) is 0 Å². The van der Waals surface area contributed by atoms with Crippen LogP contribution in [0.2, 0.25) is 0 Å². The van der Waals surface area contributed by atoms with Crippen LogP contribution in [-0.4, -0.2) is 0 Å². The Morgan fingerprint density at radius 2 is 1.41 bits per heavy atom. The molecule has 0 aliphatic heterocycles. The average Bonchev–Trinajstić information content (AvgIpc) is 2.30. The summed E-state index contributed by atoms with van der Waals surface area (Å²) in [6, 6.07) is 4.28. The number of nitrogens with zero attached hydrogens (tertiary/aromatic N) is 1. The SMILES string of the molecule is CCCCCCCC[n+]1cccc(C)c1.F[P-](F)(F)(F)(F)F. The number of aromatic nitrogens is 1. The molecule has 0 aliphatic rings. The van der Waals surface area contributed by atoms with Gasteiger partial charge in [-0.2, -0.15) is 0 Å². The van der Waals surface area contributed by atoms with Gasteiger partial charge in [0, 0.05) is 18.1 Å². The van der Waals surface area contributed by atoms with Crippen molar-refractivity contribution in [3.63, 3.8) is 0 Å². The van der Waals surface area contributed by atoms with E-state index in [1.807, 2.05) is 0 Å². The Bertz CT molecular complexity index is 432. The van der Waals surface area contributed by atoms with Crippen molar-refractivity contribution in [2.75, 3.05) is 0 Å². The Morgan fingerprint density at radius 3 is 1.91 bits per heavy atom. The summed E-state index contributed by atoms with van der Waals surface area (Å²) in [5.74, 6) is 0. The summed E-state index contributed by atoms with van der Waals surface area (Å²) in [6.45, 7) is 5.59. The molecule has 1 aromatic rings. The quantitative estimate of drug-likeness (QED) is 0.215. The van der Waals surface area contributed by atoms with Crippen LogP contribution in [0.3, 0.4) is 0 Å². The molecule has 22 heavy (non-hydrogen) atoms. The Kier molecular flexibility index (Phi) is 7.33. The molecule has 0 atom stereocenters. The first-order chi connectivity index (χ1) is 9.78. The maximum absolute atomic E-state index is 10.7.